The monoisotopic (exact) mass is 498 g/mol. The van der Waals surface area contributed by atoms with Crippen molar-refractivity contribution in [2.75, 3.05) is 5.32 Å². The molecule has 9 heteroatoms. The summed E-state index contributed by atoms with van der Waals surface area (Å²) >= 11 is 1.46. The molecule has 2 aromatic carbocycles. The van der Waals surface area contributed by atoms with Crippen molar-refractivity contribution < 1.29 is 13.5 Å². The Morgan fingerprint density at radius 3 is 2.61 bits per heavy atom. The third kappa shape index (κ3) is 3.85. The van der Waals surface area contributed by atoms with E-state index in [1.54, 1.807) is 36.5 Å². The molecule has 0 spiro atoms. The van der Waals surface area contributed by atoms with Crippen LogP contribution in [0, 0.1) is 11.6 Å². The third-order valence-corrected chi connectivity index (χ3v) is 6.60. The lowest BCUT2D eigenvalue weighted by atomic mass is 10.0. The molecule has 0 aliphatic rings. The van der Waals surface area contributed by atoms with Crippen LogP contribution in [0.5, 0.6) is 11.5 Å². The number of hydrogen-bond acceptors (Lipinski definition) is 6. The average molecular weight is 499 g/mol. The zero-order chi connectivity index (χ0) is 24.6. The van der Waals surface area contributed by atoms with Gasteiger partial charge in [0.2, 0.25) is 5.43 Å². The number of anilines is 2. The highest BCUT2D eigenvalue weighted by molar-refractivity contribution is 7.17. The van der Waals surface area contributed by atoms with Crippen molar-refractivity contribution in [3.8, 4) is 22.6 Å². The molecule has 0 atom stereocenters. The fraction of sp³-hybridized carbons (Fsp3) is 0. The lowest BCUT2D eigenvalue weighted by molar-refractivity contribution is 0.447. The second-order valence-electron chi connectivity index (χ2n) is 7.91. The SMILES string of the molecule is O=c1c(-c2ccccc2F)c[nH]c2ccnc(Nc3ccc(Oc4ccnc5ccsc45)c(F)c3)c12. The predicted molar refractivity (Wildman–Crippen MR) is 137 cm³/mol. The molecule has 2 N–H and O–H groups in total. The summed E-state index contributed by atoms with van der Waals surface area (Å²) < 4.78 is 36.0. The first-order valence-corrected chi connectivity index (χ1v) is 11.8. The average Bonchev–Trinajstić information content (AvgIpc) is 3.37. The van der Waals surface area contributed by atoms with Crippen LogP contribution >= 0.6 is 11.3 Å². The van der Waals surface area contributed by atoms with Crippen molar-refractivity contribution in [1.82, 2.24) is 15.0 Å². The Morgan fingerprint density at radius 1 is 0.889 bits per heavy atom. The summed E-state index contributed by atoms with van der Waals surface area (Å²) in [6.45, 7) is 0. The molecule has 0 saturated carbocycles. The molecule has 0 fully saturated rings. The van der Waals surface area contributed by atoms with Gasteiger partial charge in [0.1, 0.15) is 17.4 Å². The van der Waals surface area contributed by atoms with Crippen molar-refractivity contribution in [3.63, 3.8) is 0 Å². The van der Waals surface area contributed by atoms with E-state index in [9.17, 15) is 13.6 Å². The number of thiophene rings is 1. The maximum absolute atomic E-state index is 15.0. The number of aromatic nitrogens is 3. The minimum Gasteiger partial charge on any atom is -0.453 e. The Bertz CT molecular complexity index is 1820. The second kappa shape index (κ2) is 8.86. The van der Waals surface area contributed by atoms with Crippen LogP contribution < -0.4 is 15.5 Å². The van der Waals surface area contributed by atoms with Crippen LogP contribution in [0.25, 0.3) is 32.2 Å². The smallest absolute Gasteiger partial charge is 0.201 e. The molecule has 0 aliphatic heterocycles. The molecule has 0 aliphatic carbocycles. The maximum Gasteiger partial charge on any atom is 0.201 e. The van der Waals surface area contributed by atoms with Gasteiger partial charge < -0.3 is 15.0 Å². The van der Waals surface area contributed by atoms with Gasteiger partial charge in [-0.3, -0.25) is 9.78 Å². The van der Waals surface area contributed by atoms with E-state index in [1.807, 2.05) is 11.4 Å². The van der Waals surface area contributed by atoms with E-state index < -0.39 is 17.1 Å². The Hall–Kier alpha value is -4.63. The molecule has 4 aromatic heterocycles. The number of pyridine rings is 3. The summed E-state index contributed by atoms with van der Waals surface area (Å²) in [7, 11) is 0. The van der Waals surface area contributed by atoms with Crippen LogP contribution in [0.3, 0.4) is 0 Å². The van der Waals surface area contributed by atoms with Gasteiger partial charge in [0, 0.05) is 47.5 Å². The first kappa shape index (κ1) is 21.9. The maximum atomic E-state index is 15.0. The molecule has 0 radical (unpaired) electrons. The number of aromatic amines is 1. The first-order chi connectivity index (χ1) is 17.6. The molecule has 0 bridgehead atoms. The number of halogens is 2. The molecular weight excluding hydrogens is 482 g/mol. The first-order valence-electron chi connectivity index (χ1n) is 10.9. The van der Waals surface area contributed by atoms with E-state index in [1.165, 1.54) is 48.0 Å². The van der Waals surface area contributed by atoms with Gasteiger partial charge in [-0.1, -0.05) is 18.2 Å². The molecule has 6 aromatic rings. The lowest BCUT2D eigenvalue weighted by Crippen LogP contribution is -2.10. The predicted octanol–water partition coefficient (Wildman–Crippen LogP) is 7.01. The zero-order valence-corrected chi connectivity index (χ0v) is 19.3. The molecule has 0 amide bonds. The van der Waals surface area contributed by atoms with Crippen LogP contribution in [-0.4, -0.2) is 15.0 Å². The fourth-order valence-corrected chi connectivity index (χ4v) is 4.78. The van der Waals surface area contributed by atoms with Crippen LogP contribution in [0.1, 0.15) is 0 Å². The Morgan fingerprint density at radius 2 is 1.75 bits per heavy atom. The molecule has 0 saturated heterocycles. The van der Waals surface area contributed by atoms with Crippen molar-refractivity contribution >= 4 is 44.0 Å². The fourth-order valence-electron chi connectivity index (χ4n) is 3.98. The van der Waals surface area contributed by atoms with E-state index in [4.69, 9.17) is 4.74 Å². The van der Waals surface area contributed by atoms with Gasteiger partial charge in [0.15, 0.2) is 11.6 Å². The van der Waals surface area contributed by atoms with Crippen molar-refractivity contribution in [1.29, 1.82) is 0 Å². The van der Waals surface area contributed by atoms with Gasteiger partial charge in [0.05, 0.1) is 21.1 Å². The van der Waals surface area contributed by atoms with Gasteiger partial charge in [0.25, 0.3) is 0 Å². The molecular formula is C27H16F2N4O2S. The van der Waals surface area contributed by atoms with Crippen LogP contribution in [0.15, 0.2) is 89.4 Å². The summed E-state index contributed by atoms with van der Waals surface area (Å²) in [5, 5.41) is 5.14. The number of H-pyrrole nitrogens is 1. The summed E-state index contributed by atoms with van der Waals surface area (Å²) in [6.07, 6.45) is 4.60. The quantitative estimate of drug-likeness (QED) is 0.267. The third-order valence-electron chi connectivity index (χ3n) is 5.68. The Kier molecular flexibility index (Phi) is 5.38. The van der Waals surface area contributed by atoms with E-state index in [2.05, 4.69) is 20.3 Å². The van der Waals surface area contributed by atoms with E-state index >= 15 is 0 Å². The highest BCUT2D eigenvalue weighted by Crippen LogP contribution is 2.34. The highest BCUT2D eigenvalue weighted by Gasteiger charge is 2.16. The van der Waals surface area contributed by atoms with E-state index in [0.29, 0.717) is 17.0 Å². The van der Waals surface area contributed by atoms with Gasteiger partial charge in [-0.25, -0.2) is 13.8 Å². The molecule has 36 heavy (non-hydrogen) atoms. The van der Waals surface area contributed by atoms with Gasteiger partial charge in [-0.2, -0.15) is 0 Å². The topological polar surface area (TPSA) is 79.9 Å². The molecule has 4 heterocycles. The summed E-state index contributed by atoms with van der Waals surface area (Å²) in [4.78, 5) is 24.9. The minimum atomic E-state index is -0.595. The number of ether oxygens (including phenoxy) is 1. The largest absolute Gasteiger partial charge is 0.453 e. The van der Waals surface area contributed by atoms with E-state index in [-0.39, 0.29) is 28.1 Å². The number of nitrogens with one attached hydrogen (secondary N) is 2. The normalized spacial score (nSPS) is 11.2. The van der Waals surface area contributed by atoms with Crippen LogP contribution in [-0.2, 0) is 0 Å². The zero-order valence-electron chi connectivity index (χ0n) is 18.5. The molecule has 6 rings (SSSR count). The second-order valence-corrected chi connectivity index (χ2v) is 8.83. The Balaban J connectivity index is 1.35. The van der Waals surface area contributed by atoms with Gasteiger partial charge >= 0.3 is 0 Å². The number of hydrogen-bond donors (Lipinski definition) is 2. The number of fused-ring (bicyclic) bond motifs is 2. The molecule has 0 unspecified atom stereocenters. The summed E-state index contributed by atoms with van der Waals surface area (Å²) in [6, 6.07) is 15.6. The molecule has 176 valence electrons. The van der Waals surface area contributed by atoms with Crippen molar-refractivity contribution in [2.24, 2.45) is 0 Å². The minimum absolute atomic E-state index is 0.0482. The number of benzene rings is 2. The standard InChI is InChI=1S/C27H16F2N4O2S/c28-18-4-2-1-3-16(18)17-14-32-20-7-10-31-27(24(20)25(17)34)33-15-5-6-22(19(29)13-15)35-23-8-11-30-21-9-12-36-26(21)23/h1-14H,(H,31,33)(H,32,34). The van der Waals surface area contributed by atoms with Gasteiger partial charge in [-0.15, -0.1) is 11.3 Å². The molecule has 6 nitrogen and oxygen atoms in total. The number of rotatable bonds is 5. The lowest BCUT2D eigenvalue weighted by Gasteiger charge is -2.12. The van der Waals surface area contributed by atoms with E-state index in [0.717, 1.165) is 10.2 Å². The highest BCUT2D eigenvalue weighted by atomic mass is 32.1. The van der Waals surface area contributed by atoms with Crippen LogP contribution in [0.4, 0.5) is 20.3 Å². The van der Waals surface area contributed by atoms with Gasteiger partial charge in [-0.05, 0) is 35.7 Å². The van der Waals surface area contributed by atoms with Crippen molar-refractivity contribution in [3.05, 3.63) is 106 Å². The summed E-state index contributed by atoms with van der Waals surface area (Å²) in [5.74, 6) is -0.325. The Labute approximate surface area is 206 Å². The summed E-state index contributed by atoms with van der Waals surface area (Å²) in [5.41, 5.74) is 1.60. The van der Waals surface area contributed by atoms with Crippen LogP contribution in [0.2, 0.25) is 0 Å². The van der Waals surface area contributed by atoms with Crippen molar-refractivity contribution in [2.45, 2.75) is 0 Å². The number of nitrogens with zero attached hydrogens (tertiary/aromatic N) is 2.